The van der Waals surface area contributed by atoms with E-state index in [9.17, 15) is 61.0 Å². The molecule has 0 spiro atoms. The van der Waals surface area contributed by atoms with E-state index < -0.39 is 124 Å². The quantitative estimate of drug-likeness (QED) is 0.0199. The Balaban J connectivity index is 1.33. The van der Waals surface area contributed by atoms with Crippen molar-refractivity contribution in [3.63, 3.8) is 0 Å². The van der Waals surface area contributed by atoms with Gasteiger partial charge in [0.2, 0.25) is 5.91 Å². The first-order valence-electron chi connectivity index (χ1n) is 45.2. The molecule has 3 aliphatic rings. The zero-order chi connectivity index (χ0) is 78.1. The Labute approximate surface area is 657 Å². The summed E-state index contributed by atoms with van der Waals surface area (Å²) < 4.78 is 34.5. The smallest absolute Gasteiger partial charge is 0.220 e. The highest BCUT2D eigenvalue weighted by Crippen LogP contribution is 2.34. The number of allylic oxidation sites excluding steroid dienone is 5. The molecule has 636 valence electrons. The third-order valence-corrected chi connectivity index (χ3v) is 22.7. The van der Waals surface area contributed by atoms with Crippen molar-refractivity contribution in [1.82, 2.24) is 5.32 Å². The Morgan fingerprint density at radius 2 is 0.593 bits per heavy atom. The predicted octanol–water partition coefficient (Wildman–Crippen LogP) is 17.0. The second-order valence-electron chi connectivity index (χ2n) is 32.4. The number of amides is 1. The van der Waals surface area contributed by atoms with E-state index in [1.807, 2.05) is 6.08 Å². The van der Waals surface area contributed by atoms with Crippen molar-refractivity contribution in [3.05, 3.63) is 36.5 Å². The van der Waals surface area contributed by atoms with Crippen LogP contribution >= 0.6 is 0 Å². The fraction of sp³-hybridized carbons (Fsp3) is 0.921. The fourth-order valence-corrected chi connectivity index (χ4v) is 15.4. The third-order valence-electron chi connectivity index (χ3n) is 22.7. The number of carbonyl (C=O) groups is 1. The standard InChI is InChI=1S/C89H167NO18/c1-3-5-7-9-11-13-15-17-19-21-23-25-27-29-31-33-34-35-36-37-38-39-41-43-45-47-49-51-53-55-57-59-61-63-65-67-77(95)90-72(73(94)66-64-62-60-58-56-54-52-50-48-46-44-42-40-32-30-28-26-24-22-20-18-16-14-12-10-8-6-4-2)71-103-87-83(101)80(98)85(75(69-92)105-87)108-89-84(102)81(99)86(76(70-93)106-89)107-88-82(100)79(97)78(96)74(68-91)104-88/h21,23,56,58,64,66,72-76,78-89,91-94,96-102H,3-20,22,24-55,57,59-63,65,67-71H2,1-2H3,(H,90,95)/b23-21-,58-56+,66-64+. The minimum absolute atomic E-state index is 0.240. The first-order valence-corrected chi connectivity index (χ1v) is 45.2. The van der Waals surface area contributed by atoms with Crippen molar-refractivity contribution >= 4 is 5.91 Å². The summed E-state index contributed by atoms with van der Waals surface area (Å²) in [5.41, 5.74) is 0. The van der Waals surface area contributed by atoms with Crippen molar-refractivity contribution in [2.75, 3.05) is 26.4 Å². The minimum Gasteiger partial charge on any atom is -0.394 e. The van der Waals surface area contributed by atoms with Crippen molar-refractivity contribution in [3.8, 4) is 0 Å². The average Bonchev–Trinajstić information content (AvgIpc) is 0.774. The SMILES string of the molecule is CCCCCCCCCC/C=C\CCCCCCCCCCCCCCCCCCCCCCCCCC(=O)NC(COC1OC(CO)C(OC2OC(CO)C(OC3OC(CO)C(O)C(O)C3O)C(O)C2O)C(O)C1O)C(O)/C=C/CC/C=C/CCCCCCCCCCCCCCCCCCCCCCCC. The second-order valence-corrected chi connectivity index (χ2v) is 32.4. The van der Waals surface area contributed by atoms with Crippen LogP contribution in [0.4, 0.5) is 0 Å². The molecule has 3 heterocycles. The Morgan fingerprint density at radius 3 is 0.926 bits per heavy atom. The van der Waals surface area contributed by atoms with E-state index in [0.717, 1.165) is 38.5 Å². The van der Waals surface area contributed by atoms with Crippen LogP contribution < -0.4 is 5.32 Å². The monoisotopic (exact) mass is 1540 g/mol. The van der Waals surface area contributed by atoms with Gasteiger partial charge in [0.25, 0.3) is 0 Å². The molecule has 19 heteroatoms. The van der Waals surface area contributed by atoms with Gasteiger partial charge in [-0.25, -0.2) is 0 Å². The molecule has 0 bridgehead atoms. The molecule has 0 aromatic carbocycles. The van der Waals surface area contributed by atoms with Gasteiger partial charge in [-0.15, -0.1) is 0 Å². The van der Waals surface area contributed by atoms with Gasteiger partial charge in [0.15, 0.2) is 18.9 Å². The van der Waals surface area contributed by atoms with Gasteiger partial charge in [0.05, 0.1) is 38.6 Å². The van der Waals surface area contributed by atoms with E-state index in [1.54, 1.807) is 6.08 Å². The Bertz CT molecular complexity index is 2090. The molecule has 3 saturated heterocycles. The van der Waals surface area contributed by atoms with Crippen molar-refractivity contribution in [2.45, 2.75) is 497 Å². The predicted molar refractivity (Wildman–Crippen MR) is 434 cm³/mol. The van der Waals surface area contributed by atoms with Crippen molar-refractivity contribution < 1.29 is 89.4 Å². The van der Waals surface area contributed by atoms with E-state index in [1.165, 1.54) is 321 Å². The largest absolute Gasteiger partial charge is 0.394 e. The summed E-state index contributed by atoms with van der Waals surface area (Å²) in [7, 11) is 0. The van der Waals surface area contributed by atoms with Gasteiger partial charge in [-0.2, -0.15) is 0 Å². The molecule has 1 amide bonds. The molecule has 0 aromatic rings. The number of nitrogens with one attached hydrogen (secondary N) is 1. The van der Waals surface area contributed by atoms with Crippen LogP contribution in [-0.2, 0) is 33.2 Å². The number of unbranched alkanes of at least 4 members (excludes halogenated alkanes) is 54. The lowest BCUT2D eigenvalue weighted by atomic mass is 9.96. The lowest BCUT2D eigenvalue weighted by Crippen LogP contribution is -2.66. The molecule has 17 unspecified atom stereocenters. The molecular weight excluding hydrogens is 1370 g/mol. The highest BCUT2D eigenvalue weighted by Gasteiger charge is 2.54. The average molecular weight is 1540 g/mol. The summed E-state index contributed by atoms with van der Waals surface area (Å²) in [6.45, 7) is 1.79. The molecule has 12 N–H and O–H groups in total. The molecule has 3 rings (SSSR count). The molecule has 0 radical (unpaired) electrons. The van der Waals surface area contributed by atoms with E-state index in [0.29, 0.717) is 12.8 Å². The van der Waals surface area contributed by atoms with Gasteiger partial charge >= 0.3 is 0 Å². The number of hydrogen-bond acceptors (Lipinski definition) is 18. The van der Waals surface area contributed by atoms with Crippen molar-refractivity contribution in [1.29, 1.82) is 0 Å². The van der Waals surface area contributed by atoms with E-state index in [4.69, 9.17) is 28.4 Å². The Hall–Kier alpha value is -1.99. The van der Waals surface area contributed by atoms with Gasteiger partial charge < -0.3 is 89.9 Å². The topological polar surface area (TPSA) is 307 Å². The van der Waals surface area contributed by atoms with E-state index >= 15 is 0 Å². The molecule has 17 atom stereocenters. The highest BCUT2D eigenvalue weighted by molar-refractivity contribution is 5.76. The molecule has 3 fully saturated rings. The number of rotatable bonds is 74. The molecule has 0 saturated carbocycles. The first kappa shape index (κ1) is 100. The normalized spacial score (nSPS) is 25.5. The van der Waals surface area contributed by atoms with Gasteiger partial charge in [0.1, 0.15) is 73.2 Å². The maximum atomic E-state index is 13.5. The summed E-state index contributed by atoms with van der Waals surface area (Å²) in [4.78, 5) is 13.5. The van der Waals surface area contributed by atoms with Crippen LogP contribution in [0.25, 0.3) is 0 Å². The summed E-state index contributed by atoms with van der Waals surface area (Å²) in [6.07, 6.45) is 61.7. The number of aliphatic hydroxyl groups excluding tert-OH is 11. The Morgan fingerprint density at radius 1 is 0.324 bits per heavy atom. The van der Waals surface area contributed by atoms with Crippen LogP contribution in [0.5, 0.6) is 0 Å². The molecule has 108 heavy (non-hydrogen) atoms. The maximum Gasteiger partial charge on any atom is 0.220 e. The van der Waals surface area contributed by atoms with Gasteiger partial charge in [-0.05, 0) is 57.8 Å². The van der Waals surface area contributed by atoms with Crippen molar-refractivity contribution in [2.24, 2.45) is 0 Å². The van der Waals surface area contributed by atoms with E-state index in [-0.39, 0.29) is 18.9 Å². The number of carbonyl (C=O) groups excluding carboxylic acids is 1. The van der Waals surface area contributed by atoms with Crippen LogP contribution in [0.3, 0.4) is 0 Å². The summed E-state index contributed by atoms with van der Waals surface area (Å²) >= 11 is 0. The highest BCUT2D eigenvalue weighted by atomic mass is 16.8. The lowest BCUT2D eigenvalue weighted by molar-refractivity contribution is -0.379. The third kappa shape index (κ3) is 47.8. The number of hydrogen-bond donors (Lipinski definition) is 12. The lowest BCUT2D eigenvalue weighted by Gasteiger charge is -2.48. The molecule has 0 aliphatic carbocycles. The van der Waals surface area contributed by atoms with Gasteiger partial charge in [0, 0.05) is 6.42 Å². The number of aliphatic hydroxyl groups is 11. The molecular formula is C89H167NO18. The summed E-state index contributed by atoms with van der Waals surface area (Å²) in [5, 5.41) is 121. The first-order chi connectivity index (χ1) is 52.8. The van der Waals surface area contributed by atoms with Crippen LogP contribution in [0.1, 0.15) is 393 Å². The Kier molecular flexibility index (Phi) is 64.3. The van der Waals surface area contributed by atoms with Gasteiger partial charge in [-0.3, -0.25) is 4.79 Å². The molecule has 19 nitrogen and oxygen atoms in total. The summed E-state index contributed by atoms with van der Waals surface area (Å²) in [5.74, 6) is -0.277. The fourth-order valence-electron chi connectivity index (χ4n) is 15.4. The van der Waals surface area contributed by atoms with Crippen LogP contribution in [0.2, 0.25) is 0 Å². The maximum absolute atomic E-state index is 13.5. The van der Waals surface area contributed by atoms with Gasteiger partial charge in [-0.1, -0.05) is 365 Å². The number of ether oxygens (including phenoxy) is 6. The van der Waals surface area contributed by atoms with Crippen LogP contribution in [0, 0.1) is 0 Å². The molecule has 3 aliphatic heterocycles. The van der Waals surface area contributed by atoms with Crippen LogP contribution in [-0.4, -0.2) is 193 Å². The minimum atomic E-state index is -1.98. The molecule has 0 aromatic heterocycles. The zero-order valence-corrected chi connectivity index (χ0v) is 68.6. The van der Waals surface area contributed by atoms with E-state index in [2.05, 4.69) is 43.5 Å². The summed E-state index contributed by atoms with van der Waals surface area (Å²) in [6, 6.07) is -0.990. The van der Waals surface area contributed by atoms with Crippen LogP contribution in [0.15, 0.2) is 36.5 Å². The second kappa shape index (κ2) is 69.3. The zero-order valence-electron chi connectivity index (χ0n) is 68.6.